The molecule has 7 nitrogen and oxygen atoms in total. The number of likely N-dealkylation sites (tertiary alicyclic amines) is 2. The summed E-state index contributed by atoms with van der Waals surface area (Å²) in [7, 11) is 0. The zero-order valence-corrected chi connectivity index (χ0v) is 13.5. The smallest absolute Gasteiger partial charge is 0.318 e. The van der Waals surface area contributed by atoms with Gasteiger partial charge in [-0.1, -0.05) is 5.16 Å². The van der Waals surface area contributed by atoms with Crippen LogP contribution in [0.1, 0.15) is 56.2 Å². The number of carbonyl (C=O) groups excluding carboxylic acids is 1. The fourth-order valence-corrected chi connectivity index (χ4v) is 3.66. The number of hydrogen-bond donors (Lipinski definition) is 1. The molecule has 2 saturated heterocycles. The van der Waals surface area contributed by atoms with Crippen LogP contribution in [0.2, 0.25) is 0 Å². The van der Waals surface area contributed by atoms with Crippen LogP contribution in [-0.4, -0.2) is 58.2 Å². The van der Waals surface area contributed by atoms with Crippen LogP contribution in [0.3, 0.4) is 0 Å². The Kier molecular flexibility index (Phi) is 4.20. The third kappa shape index (κ3) is 3.49. The minimum absolute atomic E-state index is 0.00197. The van der Waals surface area contributed by atoms with Crippen LogP contribution in [-0.2, 0) is 6.54 Å². The molecule has 4 rings (SSSR count). The minimum atomic E-state index is -0.00197. The van der Waals surface area contributed by atoms with Crippen molar-refractivity contribution in [2.24, 2.45) is 0 Å². The number of carbonyl (C=O) groups is 1. The molecule has 1 saturated carbocycles. The molecule has 1 N–H and O–H groups in total. The van der Waals surface area contributed by atoms with Crippen LogP contribution in [0.5, 0.6) is 0 Å². The first kappa shape index (κ1) is 14.9. The maximum absolute atomic E-state index is 12.5. The van der Waals surface area contributed by atoms with E-state index in [0.717, 1.165) is 44.6 Å². The van der Waals surface area contributed by atoms with Gasteiger partial charge in [0.05, 0.1) is 6.54 Å². The Morgan fingerprint density at radius 2 is 2.00 bits per heavy atom. The maximum Gasteiger partial charge on any atom is 0.318 e. The summed E-state index contributed by atoms with van der Waals surface area (Å²) in [4.78, 5) is 21.3. The molecule has 126 valence electrons. The Morgan fingerprint density at radius 3 is 2.78 bits per heavy atom. The molecule has 1 aromatic heterocycles. The van der Waals surface area contributed by atoms with Gasteiger partial charge in [-0.2, -0.15) is 4.98 Å². The van der Waals surface area contributed by atoms with Crippen molar-refractivity contribution < 1.29 is 9.32 Å². The number of amides is 2. The minimum Gasteiger partial charge on any atom is -0.337 e. The van der Waals surface area contributed by atoms with E-state index in [4.69, 9.17) is 4.52 Å². The molecule has 3 fully saturated rings. The average molecular weight is 319 g/mol. The summed E-state index contributed by atoms with van der Waals surface area (Å²) in [5.74, 6) is 1.78. The topological polar surface area (TPSA) is 74.5 Å². The predicted molar refractivity (Wildman–Crippen MR) is 83.9 cm³/mol. The second-order valence-corrected chi connectivity index (χ2v) is 6.98. The third-order valence-corrected chi connectivity index (χ3v) is 5.12. The third-order valence-electron chi connectivity index (χ3n) is 5.12. The van der Waals surface area contributed by atoms with Gasteiger partial charge in [0, 0.05) is 25.0 Å². The van der Waals surface area contributed by atoms with E-state index in [0.29, 0.717) is 24.4 Å². The quantitative estimate of drug-likeness (QED) is 0.894. The Hall–Kier alpha value is -1.63. The second-order valence-electron chi connectivity index (χ2n) is 6.98. The van der Waals surface area contributed by atoms with E-state index >= 15 is 0 Å². The van der Waals surface area contributed by atoms with Gasteiger partial charge in [0.25, 0.3) is 0 Å². The van der Waals surface area contributed by atoms with Gasteiger partial charge in [0.15, 0.2) is 5.82 Å². The Balaban J connectivity index is 1.28. The van der Waals surface area contributed by atoms with Crippen molar-refractivity contribution in [3.63, 3.8) is 0 Å². The fraction of sp³-hybridized carbons (Fsp3) is 0.812. The molecule has 2 amide bonds. The number of hydrogen-bond acceptors (Lipinski definition) is 5. The van der Waals surface area contributed by atoms with Crippen molar-refractivity contribution in [3.8, 4) is 0 Å². The molecule has 2 aliphatic heterocycles. The van der Waals surface area contributed by atoms with Crippen LogP contribution in [0.15, 0.2) is 4.52 Å². The van der Waals surface area contributed by atoms with Crippen molar-refractivity contribution in [1.82, 2.24) is 25.3 Å². The highest BCUT2D eigenvalue weighted by molar-refractivity contribution is 5.74. The molecule has 1 atom stereocenters. The number of urea groups is 1. The zero-order chi connectivity index (χ0) is 15.6. The highest BCUT2D eigenvalue weighted by atomic mass is 16.5. The molecular weight excluding hydrogens is 294 g/mol. The number of rotatable bonds is 5. The number of aromatic nitrogens is 2. The number of nitrogens with zero attached hydrogens (tertiary/aromatic N) is 4. The van der Waals surface area contributed by atoms with Crippen molar-refractivity contribution in [2.75, 3.05) is 26.2 Å². The summed E-state index contributed by atoms with van der Waals surface area (Å²) >= 11 is 0. The lowest BCUT2D eigenvalue weighted by molar-refractivity contribution is 0.173. The standard InChI is InChI=1S/C16H25N5O2/c22-16(17-10-14-18-15(19-23-14)12-5-6-12)21-9-3-4-13(21)11-20-7-1-2-8-20/h12-13H,1-11H2,(H,17,22)/t13-/m0/s1. The SMILES string of the molecule is O=C(NCc1nc(C2CC2)no1)N1CCC[C@H]1CN1CCCC1. The Morgan fingerprint density at radius 1 is 1.17 bits per heavy atom. The lowest BCUT2D eigenvalue weighted by Crippen LogP contribution is -2.46. The van der Waals surface area contributed by atoms with E-state index in [1.54, 1.807) is 0 Å². The summed E-state index contributed by atoms with van der Waals surface area (Å²) in [6, 6.07) is 0.343. The molecule has 0 spiro atoms. The maximum atomic E-state index is 12.5. The summed E-state index contributed by atoms with van der Waals surface area (Å²) in [6.45, 7) is 4.54. The molecule has 0 radical (unpaired) electrons. The van der Waals surface area contributed by atoms with Crippen molar-refractivity contribution >= 4 is 6.03 Å². The molecule has 0 bridgehead atoms. The molecule has 1 aliphatic carbocycles. The van der Waals surface area contributed by atoms with Crippen molar-refractivity contribution in [1.29, 1.82) is 0 Å². The molecule has 3 heterocycles. The fourth-order valence-electron chi connectivity index (χ4n) is 3.66. The van der Waals surface area contributed by atoms with Crippen LogP contribution in [0.25, 0.3) is 0 Å². The van der Waals surface area contributed by atoms with Gasteiger partial charge >= 0.3 is 6.03 Å². The van der Waals surface area contributed by atoms with E-state index in [9.17, 15) is 4.79 Å². The average Bonchev–Trinajstić information content (AvgIpc) is 2.99. The van der Waals surface area contributed by atoms with E-state index < -0.39 is 0 Å². The summed E-state index contributed by atoms with van der Waals surface area (Å²) in [5.41, 5.74) is 0. The Bertz CT molecular complexity index is 550. The second kappa shape index (κ2) is 6.47. The monoisotopic (exact) mass is 319 g/mol. The predicted octanol–water partition coefficient (Wildman–Crippen LogP) is 1.72. The van der Waals surface area contributed by atoms with Crippen molar-refractivity contribution in [2.45, 2.75) is 57.0 Å². The molecule has 1 aromatic rings. The van der Waals surface area contributed by atoms with Crippen LogP contribution < -0.4 is 5.32 Å². The van der Waals surface area contributed by atoms with Crippen LogP contribution in [0.4, 0.5) is 4.79 Å². The normalized spacial score (nSPS) is 25.2. The van der Waals surface area contributed by atoms with Crippen LogP contribution >= 0.6 is 0 Å². The van der Waals surface area contributed by atoms with Gasteiger partial charge in [-0.3, -0.25) is 0 Å². The first-order chi connectivity index (χ1) is 11.3. The molecule has 3 aliphatic rings. The highest BCUT2D eigenvalue weighted by Crippen LogP contribution is 2.38. The Labute approximate surface area is 136 Å². The molecule has 23 heavy (non-hydrogen) atoms. The molecule has 0 aromatic carbocycles. The van der Waals surface area contributed by atoms with E-state index in [1.165, 1.54) is 25.9 Å². The zero-order valence-electron chi connectivity index (χ0n) is 13.5. The van der Waals surface area contributed by atoms with Gasteiger partial charge in [0.2, 0.25) is 5.89 Å². The van der Waals surface area contributed by atoms with Gasteiger partial charge in [-0.05, 0) is 51.6 Å². The lowest BCUT2D eigenvalue weighted by Gasteiger charge is -2.28. The van der Waals surface area contributed by atoms with Gasteiger partial charge in [-0.15, -0.1) is 0 Å². The summed E-state index contributed by atoms with van der Waals surface area (Å²) in [5, 5.41) is 6.92. The first-order valence-electron chi connectivity index (χ1n) is 8.89. The van der Waals surface area contributed by atoms with Crippen LogP contribution in [0, 0.1) is 0 Å². The van der Waals surface area contributed by atoms with E-state index in [2.05, 4.69) is 20.4 Å². The van der Waals surface area contributed by atoms with E-state index in [-0.39, 0.29) is 6.03 Å². The molecular formula is C16H25N5O2. The van der Waals surface area contributed by atoms with Gasteiger partial charge in [-0.25, -0.2) is 4.79 Å². The lowest BCUT2D eigenvalue weighted by atomic mass is 10.2. The number of nitrogens with one attached hydrogen (secondary N) is 1. The van der Waals surface area contributed by atoms with Gasteiger partial charge < -0.3 is 19.6 Å². The molecule has 0 unspecified atom stereocenters. The van der Waals surface area contributed by atoms with Crippen molar-refractivity contribution in [3.05, 3.63) is 11.7 Å². The molecule has 7 heteroatoms. The first-order valence-corrected chi connectivity index (χ1v) is 8.89. The summed E-state index contributed by atoms with van der Waals surface area (Å²) < 4.78 is 5.21. The van der Waals surface area contributed by atoms with E-state index in [1.807, 2.05) is 4.90 Å². The summed E-state index contributed by atoms with van der Waals surface area (Å²) in [6.07, 6.45) is 7.09. The van der Waals surface area contributed by atoms with Gasteiger partial charge in [0.1, 0.15) is 0 Å². The highest BCUT2D eigenvalue weighted by Gasteiger charge is 2.31. The largest absolute Gasteiger partial charge is 0.337 e.